The Kier molecular flexibility index (Phi) is 9.38. The standard InChI is InChI=1S/C29H25F3O7/c1-16(2)28(33)38-20-7-9-24(21(30)15-20)36-10-11-37-27-22(31)12-19(13-23(27)32)18-6-8-25(26(14-18)35-5)39-29(34)17(3)4/h6-9,12-15H,1,3,10-11H2,2,4-5H3. The van der Waals surface area contributed by atoms with Crippen LogP contribution in [0.5, 0.6) is 28.7 Å². The van der Waals surface area contributed by atoms with Crippen LogP contribution >= 0.6 is 0 Å². The highest BCUT2D eigenvalue weighted by atomic mass is 19.1. The van der Waals surface area contributed by atoms with E-state index in [1.165, 1.54) is 51.3 Å². The monoisotopic (exact) mass is 542 g/mol. The van der Waals surface area contributed by atoms with E-state index in [9.17, 15) is 22.8 Å². The van der Waals surface area contributed by atoms with Gasteiger partial charge in [0.15, 0.2) is 40.4 Å². The second kappa shape index (κ2) is 12.7. The van der Waals surface area contributed by atoms with Gasteiger partial charge in [0.25, 0.3) is 0 Å². The molecule has 0 spiro atoms. The van der Waals surface area contributed by atoms with Gasteiger partial charge in [-0.1, -0.05) is 19.2 Å². The molecule has 3 aromatic carbocycles. The molecule has 0 atom stereocenters. The molecule has 0 aliphatic heterocycles. The van der Waals surface area contributed by atoms with Crippen LogP contribution in [0.15, 0.2) is 72.8 Å². The van der Waals surface area contributed by atoms with Crippen LogP contribution in [-0.2, 0) is 9.59 Å². The zero-order valence-corrected chi connectivity index (χ0v) is 21.4. The molecule has 0 heterocycles. The fourth-order valence-electron chi connectivity index (χ4n) is 3.13. The fourth-order valence-corrected chi connectivity index (χ4v) is 3.13. The molecule has 3 aromatic rings. The maximum atomic E-state index is 14.7. The van der Waals surface area contributed by atoms with Crippen LogP contribution in [0.25, 0.3) is 11.1 Å². The van der Waals surface area contributed by atoms with Crippen molar-refractivity contribution in [2.24, 2.45) is 0 Å². The molecule has 3 rings (SSSR count). The molecule has 0 bridgehead atoms. The molecular formula is C29H25F3O7. The average Bonchev–Trinajstić information content (AvgIpc) is 2.88. The van der Waals surface area contributed by atoms with E-state index in [1.807, 2.05) is 0 Å². The molecule has 0 aromatic heterocycles. The van der Waals surface area contributed by atoms with Crippen LogP contribution < -0.4 is 23.7 Å². The molecule has 0 aliphatic carbocycles. The Balaban J connectivity index is 1.64. The number of hydrogen-bond acceptors (Lipinski definition) is 7. The van der Waals surface area contributed by atoms with Crippen molar-refractivity contribution < 1.29 is 46.4 Å². The lowest BCUT2D eigenvalue weighted by Crippen LogP contribution is -2.12. The molecule has 204 valence electrons. The molecule has 10 heteroatoms. The lowest BCUT2D eigenvalue weighted by Gasteiger charge is -2.13. The van der Waals surface area contributed by atoms with Crippen molar-refractivity contribution in [3.8, 4) is 39.9 Å². The van der Waals surface area contributed by atoms with E-state index in [0.717, 1.165) is 18.2 Å². The molecule has 0 saturated carbocycles. The maximum Gasteiger partial charge on any atom is 0.338 e. The normalized spacial score (nSPS) is 10.4. The molecule has 0 amide bonds. The van der Waals surface area contributed by atoms with Crippen LogP contribution in [-0.4, -0.2) is 32.3 Å². The number of methoxy groups -OCH3 is 1. The molecule has 39 heavy (non-hydrogen) atoms. The quantitative estimate of drug-likeness (QED) is 0.124. The number of rotatable bonds is 11. The minimum Gasteiger partial charge on any atom is -0.493 e. The molecular weight excluding hydrogens is 517 g/mol. The highest BCUT2D eigenvalue weighted by molar-refractivity contribution is 5.89. The Labute approximate surface area is 223 Å². The zero-order chi connectivity index (χ0) is 28.7. The Hall–Kier alpha value is -4.73. The summed E-state index contributed by atoms with van der Waals surface area (Å²) in [6, 6.07) is 10.1. The number of ether oxygens (including phenoxy) is 5. The highest BCUT2D eigenvalue weighted by Gasteiger charge is 2.17. The van der Waals surface area contributed by atoms with Crippen molar-refractivity contribution in [1.29, 1.82) is 0 Å². The molecule has 0 radical (unpaired) electrons. The SMILES string of the molecule is C=C(C)C(=O)Oc1ccc(OCCOc2c(F)cc(-c3ccc(OC(=O)C(=C)C)c(OC)c3)cc2F)c(F)c1. The van der Waals surface area contributed by atoms with Crippen molar-refractivity contribution in [3.63, 3.8) is 0 Å². The van der Waals surface area contributed by atoms with Crippen LogP contribution in [0.4, 0.5) is 13.2 Å². The third-order valence-corrected chi connectivity index (χ3v) is 5.10. The summed E-state index contributed by atoms with van der Waals surface area (Å²) < 4.78 is 69.5. The topological polar surface area (TPSA) is 80.3 Å². The van der Waals surface area contributed by atoms with Gasteiger partial charge in [0.2, 0.25) is 0 Å². The van der Waals surface area contributed by atoms with Gasteiger partial charge in [0, 0.05) is 17.2 Å². The number of carbonyl (C=O) groups excluding carboxylic acids is 2. The fraction of sp³-hybridized carbons (Fsp3) is 0.172. The van der Waals surface area contributed by atoms with Gasteiger partial charge in [0.05, 0.1) is 7.11 Å². The van der Waals surface area contributed by atoms with Crippen molar-refractivity contribution in [2.75, 3.05) is 20.3 Å². The van der Waals surface area contributed by atoms with Crippen molar-refractivity contribution in [2.45, 2.75) is 13.8 Å². The van der Waals surface area contributed by atoms with E-state index in [4.69, 9.17) is 23.7 Å². The molecule has 0 fully saturated rings. The van der Waals surface area contributed by atoms with Gasteiger partial charge in [0.1, 0.15) is 19.0 Å². The molecule has 0 N–H and O–H groups in total. The summed E-state index contributed by atoms with van der Waals surface area (Å²) in [5.41, 5.74) is 0.914. The summed E-state index contributed by atoms with van der Waals surface area (Å²) in [6.45, 7) is 9.37. The Morgan fingerprint density at radius 3 is 1.87 bits per heavy atom. The lowest BCUT2D eigenvalue weighted by molar-refractivity contribution is -0.131. The minimum absolute atomic E-state index is 0.0338. The second-order valence-electron chi connectivity index (χ2n) is 8.26. The summed E-state index contributed by atoms with van der Waals surface area (Å²) in [7, 11) is 1.36. The van der Waals surface area contributed by atoms with Gasteiger partial charge < -0.3 is 23.7 Å². The second-order valence-corrected chi connectivity index (χ2v) is 8.26. The first kappa shape index (κ1) is 28.8. The first-order valence-corrected chi connectivity index (χ1v) is 11.5. The predicted molar refractivity (Wildman–Crippen MR) is 137 cm³/mol. The molecule has 0 unspecified atom stereocenters. The molecule has 0 saturated heterocycles. The van der Waals surface area contributed by atoms with Gasteiger partial charge in [-0.2, -0.15) is 0 Å². The van der Waals surface area contributed by atoms with E-state index in [0.29, 0.717) is 5.56 Å². The van der Waals surface area contributed by atoms with Crippen LogP contribution in [0.3, 0.4) is 0 Å². The number of carbonyl (C=O) groups is 2. The average molecular weight is 543 g/mol. The number of halogens is 3. The van der Waals surface area contributed by atoms with Crippen LogP contribution in [0.1, 0.15) is 13.8 Å². The Morgan fingerprint density at radius 1 is 0.692 bits per heavy atom. The predicted octanol–water partition coefficient (Wildman–Crippen LogP) is 6.20. The van der Waals surface area contributed by atoms with Gasteiger partial charge in [-0.25, -0.2) is 22.8 Å². The first-order chi connectivity index (χ1) is 18.5. The van der Waals surface area contributed by atoms with Crippen molar-refractivity contribution >= 4 is 11.9 Å². The van der Waals surface area contributed by atoms with Gasteiger partial charge >= 0.3 is 11.9 Å². The highest BCUT2D eigenvalue weighted by Crippen LogP contribution is 2.35. The summed E-state index contributed by atoms with van der Waals surface area (Å²) >= 11 is 0. The Bertz CT molecular complexity index is 1410. The van der Waals surface area contributed by atoms with Crippen LogP contribution in [0, 0.1) is 17.5 Å². The smallest absolute Gasteiger partial charge is 0.338 e. The molecule has 7 nitrogen and oxygen atoms in total. The number of hydrogen-bond donors (Lipinski definition) is 0. The lowest BCUT2D eigenvalue weighted by atomic mass is 10.0. The van der Waals surface area contributed by atoms with E-state index in [-0.39, 0.29) is 52.9 Å². The van der Waals surface area contributed by atoms with Gasteiger partial charge in [-0.15, -0.1) is 0 Å². The van der Waals surface area contributed by atoms with E-state index in [1.54, 1.807) is 0 Å². The number of benzene rings is 3. The van der Waals surface area contributed by atoms with Crippen molar-refractivity contribution in [1.82, 2.24) is 0 Å². The van der Waals surface area contributed by atoms with Crippen molar-refractivity contribution in [3.05, 3.63) is 90.3 Å². The summed E-state index contributed by atoms with van der Waals surface area (Å²) in [4.78, 5) is 23.3. The minimum atomic E-state index is -0.975. The summed E-state index contributed by atoms with van der Waals surface area (Å²) in [6.07, 6.45) is 0. The van der Waals surface area contributed by atoms with Gasteiger partial charge in [-0.05, 0) is 61.4 Å². The largest absolute Gasteiger partial charge is 0.493 e. The first-order valence-electron chi connectivity index (χ1n) is 11.5. The number of esters is 2. The summed E-state index contributed by atoms with van der Waals surface area (Å²) in [5, 5.41) is 0. The van der Waals surface area contributed by atoms with E-state index < -0.39 is 35.1 Å². The Morgan fingerprint density at radius 2 is 1.28 bits per heavy atom. The third kappa shape index (κ3) is 7.41. The zero-order valence-electron chi connectivity index (χ0n) is 21.4. The third-order valence-electron chi connectivity index (χ3n) is 5.10. The van der Waals surface area contributed by atoms with E-state index >= 15 is 0 Å². The summed E-state index contributed by atoms with van der Waals surface area (Å²) in [5.74, 6) is -4.65. The van der Waals surface area contributed by atoms with E-state index in [2.05, 4.69) is 13.2 Å². The maximum absolute atomic E-state index is 14.7. The van der Waals surface area contributed by atoms with Crippen LogP contribution in [0.2, 0.25) is 0 Å². The molecule has 0 aliphatic rings. The van der Waals surface area contributed by atoms with Gasteiger partial charge in [-0.3, -0.25) is 0 Å².